The summed E-state index contributed by atoms with van der Waals surface area (Å²) in [5.41, 5.74) is 1.88. The quantitative estimate of drug-likeness (QED) is 0.849. The molecular weight excluding hydrogens is 262 g/mol. The molecule has 0 unspecified atom stereocenters. The molecule has 2 rings (SSSR count). The fourth-order valence-electron chi connectivity index (χ4n) is 2.71. The van der Waals surface area contributed by atoms with Crippen LogP contribution in [-0.4, -0.2) is 32.8 Å². The van der Waals surface area contributed by atoms with Crippen molar-refractivity contribution in [2.75, 3.05) is 0 Å². The fourth-order valence-corrected chi connectivity index (χ4v) is 2.71. The van der Waals surface area contributed by atoms with Gasteiger partial charge in [-0.3, -0.25) is 0 Å². The third-order valence-electron chi connectivity index (χ3n) is 3.48. The molecule has 0 N–H and O–H groups in total. The first-order chi connectivity index (χ1) is 9.97. The monoisotopic (exact) mass is 285 g/mol. The Bertz CT molecular complexity index is 660. The highest BCUT2D eigenvalue weighted by molar-refractivity contribution is 5.95. The summed E-state index contributed by atoms with van der Waals surface area (Å²) in [5.74, 6) is 0. The maximum absolute atomic E-state index is 12.9. The summed E-state index contributed by atoms with van der Waals surface area (Å²) in [5, 5.41) is 5.29. The predicted molar refractivity (Wildman–Crippen MR) is 87.3 cm³/mol. The minimum Gasteiger partial charge on any atom is -0.318 e. The third kappa shape index (κ3) is 2.84. The summed E-state index contributed by atoms with van der Waals surface area (Å²) < 4.78 is 1.52. The molecule has 4 nitrogen and oxygen atoms in total. The molecule has 2 aromatic rings. The Morgan fingerprint density at radius 2 is 1.90 bits per heavy atom. The number of rotatable bonds is 3. The zero-order valence-corrected chi connectivity index (χ0v) is 13.4. The van der Waals surface area contributed by atoms with Crippen LogP contribution in [0.15, 0.2) is 30.5 Å². The molecule has 4 heteroatoms. The van der Waals surface area contributed by atoms with Crippen molar-refractivity contribution in [1.29, 1.82) is 0 Å². The van der Waals surface area contributed by atoms with Gasteiger partial charge in [0.1, 0.15) is 0 Å². The molecule has 112 valence electrons. The smallest absolute Gasteiger partial charge is 0.318 e. The van der Waals surface area contributed by atoms with Crippen LogP contribution in [0.5, 0.6) is 0 Å². The maximum Gasteiger partial charge on any atom is 0.345 e. The van der Waals surface area contributed by atoms with Crippen molar-refractivity contribution in [2.24, 2.45) is 0 Å². The lowest BCUT2D eigenvalue weighted by Crippen LogP contribution is -2.44. The standard InChI is InChI=1S/C17H23N3O/c1-6-8-14-9-7-10-15-11-18-20(16(14)15)17(21)19(12(2)3)13(4)5/h6-13H,1-5H3. The topological polar surface area (TPSA) is 38.1 Å². The van der Waals surface area contributed by atoms with E-state index in [1.807, 2.05) is 69.9 Å². The summed E-state index contributed by atoms with van der Waals surface area (Å²) >= 11 is 0. The van der Waals surface area contributed by atoms with E-state index in [1.165, 1.54) is 4.68 Å². The molecule has 0 aliphatic carbocycles. The Kier molecular flexibility index (Phi) is 4.46. The molecule has 0 aliphatic heterocycles. The largest absolute Gasteiger partial charge is 0.345 e. The number of hydrogen-bond acceptors (Lipinski definition) is 2. The number of para-hydroxylation sites is 1. The molecule has 0 spiro atoms. The Morgan fingerprint density at radius 3 is 2.48 bits per heavy atom. The second-order valence-corrected chi connectivity index (χ2v) is 5.72. The average molecular weight is 285 g/mol. The summed E-state index contributed by atoms with van der Waals surface area (Å²) in [6.45, 7) is 10.1. The molecule has 0 saturated heterocycles. The van der Waals surface area contributed by atoms with E-state index in [0.717, 1.165) is 16.5 Å². The molecule has 0 bridgehead atoms. The van der Waals surface area contributed by atoms with Crippen molar-refractivity contribution in [2.45, 2.75) is 46.7 Å². The summed E-state index contributed by atoms with van der Waals surface area (Å²) in [7, 11) is 0. The molecule has 0 saturated carbocycles. The zero-order chi connectivity index (χ0) is 15.6. The summed E-state index contributed by atoms with van der Waals surface area (Å²) in [6.07, 6.45) is 5.72. The molecule has 0 radical (unpaired) electrons. The number of allylic oxidation sites excluding steroid dienone is 1. The van der Waals surface area contributed by atoms with E-state index in [2.05, 4.69) is 5.10 Å². The lowest BCUT2D eigenvalue weighted by atomic mass is 10.1. The minimum absolute atomic E-state index is 0.0769. The van der Waals surface area contributed by atoms with E-state index in [9.17, 15) is 4.79 Å². The van der Waals surface area contributed by atoms with Gasteiger partial charge in [0.05, 0.1) is 11.7 Å². The van der Waals surface area contributed by atoms with E-state index >= 15 is 0 Å². The van der Waals surface area contributed by atoms with Gasteiger partial charge in [0, 0.05) is 23.0 Å². The van der Waals surface area contributed by atoms with E-state index in [4.69, 9.17) is 0 Å². The van der Waals surface area contributed by atoms with Gasteiger partial charge in [0.2, 0.25) is 0 Å². The highest BCUT2D eigenvalue weighted by Gasteiger charge is 2.24. The van der Waals surface area contributed by atoms with Crippen LogP contribution in [0.1, 0.15) is 40.2 Å². The van der Waals surface area contributed by atoms with Gasteiger partial charge < -0.3 is 4.90 Å². The van der Waals surface area contributed by atoms with Crippen molar-refractivity contribution < 1.29 is 4.79 Å². The van der Waals surface area contributed by atoms with Crippen molar-refractivity contribution >= 4 is 23.0 Å². The number of carbonyl (C=O) groups is 1. The van der Waals surface area contributed by atoms with Gasteiger partial charge in [-0.05, 0) is 34.6 Å². The van der Waals surface area contributed by atoms with Crippen LogP contribution in [0.25, 0.3) is 17.0 Å². The highest BCUT2D eigenvalue weighted by Crippen LogP contribution is 2.21. The number of carbonyl (C=O) groups excluding carboxylic acids is 1. The molecule has 1 heterocycles. The van der Waals surface area contributed by atoms with E-state index in [1.54, 1.807) is 6.20 Å². The number of hydrogen-bond donors (Lipinski definition) is 0. The van der Waals surface area contributed by atoms with Crippen LogP contribution in [0.2, 0.25) is 0 Å². The summed E-state index contributed by atoms with van der Waals surface area (Å²) in [6, 6.07) is 6.15. The number of amides is 1. The van der Waals surface area contributed by atoms with E-state index < -0.39 is 0 Å². The molecule has 1 aromatic carbocycles. The van der Waals surface area contributed by atoms with Crippen LogP contribution >= 0.6 is 0 Å². The van der Waals surface area contributed by atoms with Crippen LogP contribution in [0.3, 0.4) is 0 Å². The molecule has 1 aromatic heterocycles. The first-order valence-electron chi connectivity index (χ1n) is 7.39. The zero-order valence-electron chi connectivity index (χ0n) is 13.4. The van der Waals surface area contributed by atoms with Crippen LogP contribution in [-0.2, 0) is 0 Å². The normalized spacial score (nSPS) is 12.0. The second-order valence-electron chi connectivity index (χ2n) is 5.72. The SMILES string of the molecule is CC=Cc1cccc2cnn(C(=O)N(C(C)C)C(C)C)c12. The lowest BCUT2D eigenvalue weighted by Gasteiger charge is -2.30. The van der Waals surface area contributed by atoms with Gasteiger partial charge in [-0.1, -0.05) is 30.4 Å². The molecular formula is C17H23N3O. The minimum atomic E-state index is -0.0769. The summed E-state index contributed by atoms with van der Waals surface area (Å²) in [4.78, 5) is 14.7. The number of aromatic nitrogens is 2. The van der Waals surface area contributed by atoms with Crippen LogP contribution < -0.4 is 0 Å². The number of fused-ring (bicyclic) bond motifs is 1. The maximum atomic E-state index is 12.9. The van der Waals surface area contributed by atoms with Crippen molar-refractivity contribution in [3.05, 3.63) is 36.0 Å². The Morgan fingerprint density at radius 1 is 1.24 bits per heavy atom. The van der Waals surface area contributed by atoms with Gasteiger partial charge >= 0.3 is 6.03 Å². The molecule has 0 aliphatic rings. The van der Waals surface area contributed by atoms with E-state index in [-0.39, 0.29) is 18.1 Å². The Balaban J connectivity index is 2.58. The van der Waals surface area contributed by atoms with Gasteiger partial charge in [-0.25, -0.2) is 4.79 Å². The Hall–Kier alpha value is -2.10. The number of benzene rings is 1. The highest BCUT2D eigenvalue weighted by atomic mass is 16.2. The average Bonchev–Trinajstić information content (AvgIpc) is 2.83. The fraction of sp³-hybridized carbons (Fsp3) is 0.412. The van der Waals surface area contributed by atoms with Gasteiger partial charge in [0.25, 0.3) is 0 Å². The lowest BCUT2D eigenvalue weighted by molar-refractivity contribution is 0.164. The van der Waals surface area contributed by atoms with Gasteiger partial charge in [-0.15, -0.1) is 0 Å². The molecule has 0 atom stereocenters. The molecule has 0 fully saturated rings. The first-order valence-corrected chi connectivity index (χ1v) is 7.39. The Labute approximate surface area is 126 Å². The molecule has 21 heavy (non-hydrogen) atoms. The van der Waals surface area contributed by atoms with Crippen molar-refractivity contribution in [1.82, 2.24) is 14.7 Å². The van der Waals surface area contributed by atoms with Gasteiger partial charge in [0.15, 0.2) is 0 Å². The van der Waals surface area contributed by atoms with E-state index in [0.29, 0.717) is 0 Å². The third-order valence-corrected chi connectivity index (χ3v) is 3.48. The predicted octanol–water partition coefficient (Wildman–Crippen LogP) is 4.16. The van der Waals surface area contributed by atoms with Gasteiger partial charge in [-0.2, -0.15) is 9.78 Å². The van der Waals surface area contributed by atoms with Crippen molar-refractivity contribution in [3.8, 4) is 0 Å². The van der Waals surface area contributed by atoms with Crippen molar-refractivity contribution in [3.63, 3.8) is 0 Å². The first kappa shape index (κ1) is 15.3. The molecule has 1 amide bonds. The van der Waals surface area contributed by atoms with Crippen LogP contribution in [0.4, 0.5) is 4.79 Å². The van der Waals surface area contributed by atoms with Crippen LogP contribution in [0, 0.1) is 0 Å². The second kappa shape index (κ2) is 6.12. The number of nitrogens with zero attached hydrogens (tertiary/aromatic N) is 3.